The molecule has 5 heteroatoms. The average Bonchev–Trinajstić information content (AvgIpc) is 2.32. The summed E-state index contributed by atoms with van der Waals surface area (Å²) in [5, 5.41) is 3.24. The lowest BCUT2D eigenvalue weighted by atomic mass is 10.4. The van der Waals surface area contributed by atoms with Gasteiger partial charge in [0.05, 0.1) is 0 Å². The second kappa shape index (κ2) is 2.56. The van der Waals surface area contributed by atoms with Gasteiger partial charge in [-0.25, -0.2) is 0 Å². The van der Waals surface area contributed by atoms with Crippen LogP contribution in [0.4, 0.5) is 13.2 Å². The highest BCUT2D eigenvalue weighted by molar-refractivity contribution is 5.00. The van der Waals surface area contributed by atoms with Crippen molar-refractivity contribution < 1.29 is 13.2 Å². The average molecular weight is 163 g/mol. The summed E-state index contributed by atoms with van der Waals surface area (Å²) < 4.78 is 36.7. The van der Waals surface area contributed by atoms with Crippen molar-refractivity contribution in [2.24, 2.45) is 0 Å². The van der Waals surface area contributed by atoms with Crippen LogP contribution in [-0.4, -0.2) is 9.78 Å². The Hall–Kier alpha value is -1.00. The van der Waals surface area contributed by atoms with Gasteiger partial charge in [-0.3, -0.25) is 4.68 Å². The largest absolute Gasteiger partial charge is 0.435 e. The number of hydrogen-bond acceptors (Lipinski definition) is 1. The van der Waals surface area contributed by atoms with Gasteiger partial charge in [0.25, 0.3) is 0 Å². The van der Waals surface area contributed by atoms with E-state index in [1.807, 2.05) is 6.07 Å². The molecular formula is C6H6F3N2. The fourth-order valence-electron chi connectivity index (χ4n) is 0.622. The molecule has 0 amide bonds. The summed E-state index contributed by atoms with van der Waals surface area (Å²) in [6, 6.07) is 2.02. The summed E-state index contributed by atoms with van der Waals surface area (Å²) >= 11 is 0. The summed E-state index contributed by atoms with van der Waals surface area (Å²) in [5.41, 5.74) is -0.959. The first kappa shape index (κ1) is 8.10. The number of aryl methyl sites for hydroxylation is 1. The van der Waals surface area contributed by atoms with Crippen LogP contribution in [0.5, 0.6) is 0 Å². The molecule has 0 spiro atoms. The third kappa shape index (κ3) is 1.72. The topological polar surface area (TPSA) is 17.8 Å². The maximum absolute atomic E-state index is 11.8. The van der Waals surface area contributed by atoms with Crippen LogP contribution >= 0.6 is 0 Å². The number of hydrogen-bond donors (Lipinski definition) is 0. The lowest BCUT2D eigenvalue weighted by molar-refractivity contribution is -0.141. The van der Waals surface area contributed by atoms with Crippen molar-refractivity contribution >= 4 is 0 Å². The van der Waals surface area contributed by atoms with Crippen molar-refractivity contribution in [1.29, 1.82) is 0 Å². The van der Waals surface area contributed by atoms with Crippen molar-refractivity contribution in [2.45, 2.75) is 19.6 Å². The fraction of sp³-hybridized carbons (Fsp3) is 0.500. The Morgan fingerprint density at radius 3 is 2.55 bits per heavy atom. The first-order valence-corrected chi connectivity index (χ1v) is 3.06. The van der Waals surface area contributed by atoms with Gasteiger partial charge in [0.1, 0.15) is 0 Å². The summed E-state index contributed by atoms with van der Waals surface area (Å²) in [6.07, 6.45) is -3.19. The lowest BCUT2D eigenvalue weighted by Gasteiger charge is -1.99. The van der Waals surface area contributed by atoms with Gasteiger partial charge in [0, 0.05) is 18.8 Å². The van der Waals surface area contributed by atoms with Crippen LogP contribution in [-0.2, 0) is 12.7 Å². The normalized spacial score (nSPS) is 12.0. The zero-order chi connectivity index (χ0) is 8.48. The molecule has 0 unspecified atom stereocenters. The van der Waals surface area contributed by atoms with Crippen molar-refractivity contribution in [3.63, 3.8) is 0 Å². The number of rotatable bonds is 1. The summed E-state index contributed by atoms with van der Waals surface area (Å²) in [4.78, 5) is 0. The maximum atomic E-state index is 11.8. The Labute approximate surface area is 61.6 Å². The van der Waals surface area contributed by atoms with Gasteiger partial charge in [-0.05, 0) is 6.92 Å². The number of nitrogens with zero attached hydrogens (tertiary/aromatic N) is 2. The zero-order valence-electron chi connectivity index (χ0n) is 5.81. The molecular weight excluding hydrogens is 157 g/mol. The molecule has 11 heavy (non-hydrogen) atoms. The Morgan fingerprint density at radius 2 is 2.27 bits per heavy atom. The Balaban J connectivity index is 2.89. The van der Waals surface area contributed by atoms with Crippen molar-refractivity contribution in [2.75, 3.05) is 0 Å². The van der Waals surface area contributed by atoms with Crippen LogP contribution in [0.15, 0.2) is 6.20 Å². The molecule has 1 aromatic rings. The van der Waals surface area contributed by atoms with Gasteiger partial charge in [-0.15, -0.1) is 0 Å². The molecule has 0 fully saturated rings. The van der Waals surface area contributed by atoms with E-state index in [4.69, 9.17) is 0 Å². The Bertz CT molecular complexity index is 238. The number of halogens is 3. The molecule has 1 rings (SSSR count). The molecule has 0 bridgehead atoms. The number of alkyl halides is 3. The second-order valence-corrected chi connectivity index (χ2v) is 1.98. The highest BCUT2D eigenvalue weighted by atomic mass is 19.4. The van der Waals surface area contributed by atoms with Crippen molar-refractivity contribution in [3.05, 3.63) is 18.0 Å². The molecule has 1 aromatic heterocycles. The lowest BCUT2D eigenvalue weighted by Crippen LogP contribution is -2.07. The molecule has 0 aliphatic rings. The molecule has 0 aliphatic carbocycles. The molecule has 0 aromatic carbocycles. The number of aromatic nitrogens is 2. The molecule has 0 N–H and O–H groups in total. The minimum absolute atomic E-state index is 0.423. The van der Waals surface area contributed by atoms with Gasteiger partial charge < -0.3 is 0 Å². The van der Waals surface area contributed by atoms with E-state index in [1.165, 1.54) is 10.9 Å². The molecule has 1 radical (unpaired) electrons. The van der Waals surface area contributed by atoms with Crippen LogP contribution < -0.4 is 0 Å². The van der Waals surface area contributed by atoms with E-state index in [0.717, 1.165) is 0 Å². The molecule has 1 heterocycles. The first-order chi connectivity index (χ1) is 5.04. The maximum Gasteiger partial charge on any atom is 0.435 e. The highest BCUT2D eigenvalue weighted by Gasteiger charge is 2.33. The quantitative estimate of drug-likeness (QED) is 0.616. The molecule has 2 nitrogen and oxygen atoms in total. The monoisotopic (exact) mass is 163 g/mol. The van der Waals surface area contributed by atoms with Crippen LogP contribution in [0.2, 0.25) is 0 Å². The van der Waals surface area contributed by atoms with Gasteiger partial charge in [0.2, 0.25) is 0 Å². The fourth-order valence-corrected chi connectivity index (χ4v) is 0.622. The second-order valence-electron chi connectivity index (χ2n) is 1.98. The van der Waals surface area contributed by atoms with E-state index in [2.05, 4.69) is 5.10 Å². The molecule has 0 saturated heterocycles. The van der Waals surface area contributed by atoms with E-state index < -0.39 is 11.9 Å². The third-order valence-electron chi connectivity index (χ3n) is 1.17. The highest BCUT2D eigenvalue weighted by Crippen LogP contribution is 2.26. The minimum atomic E-state index is -4.37. The molecule has 0 atom stereocenters. The third-order valence-corrected chi connectivity index (χ3v) is 1.17. The molecule has 61 valence electrons. The smallest absolute Gasteiger partial charge is 0.272 e. The minimum Gasteiger partial charge on any atom is -0.272 e. The Kier molecular flexibility index (Phi) is 1.89. The predicted molar refractivity (Wildman–Crippen MR) is 31.7 cm³/mol. The van der Waals surface area contributed by atoms with Gasteiger partial charge in [-0.2, -0.15) is 18.3 Å². The van der Waals surface area contributed by atoms with Gasteiger partial charge in [0.15, 0.2) is 5.69 Å². The van der Waals surface area contributed by atoms with Crippen LogP contribution in [0.1, 0.15) is 12.6 Å². The summed E-state index contributed by atoms with van der Waals surface area (Å²) in [5.74, 6) is 0. The van der Waals surface area contributed by atoms with E-state index in [-0.39, 0.29) is 0 Å². The van der Waals surface area contributed by atoms with Gasteiger partial charge >= 0.3 is 6.18 Å². The van der Waals surface area contributed by atoms with E-state index in [0.29, 0.717) is 6.54 Å². The zero-order valence-corrected chi connectivity index (χ0v) is 5.81. The first-order valence-electron chi connectivity index (χ1n) is 3.06. The predicted octanol–water partition coefficient (Wildman–Crippen LogP) is 1.72. The van der Waals surface area contributed by atoms with E-state index >= 15 is 0 Å². The van der Waals surface area contributed by atoms with Crippen molar-refractivity contribution in [1.82, 2.24) is 9.78 Å². The van der Waals surface area contributed by atoms with Crippen LogP contribution in [0.25, 0.3) is 0 Å². The standard InChI is InChI=1S/C6H6F3N2/c1-2-11-4-3-5(10-11)6(7,8)9/h4H,2H2,1H3. The van der Waals surface area contributed by atoms with E-state index in [1.54, 1.807) is 6.92 Å². The van der Waals surface area contributed by atoms with Gasteiger partial charge in [-0.1, -0.05) is 0 Å². The van der Waals surface area contributed by atoms with Crippen molar-refractivity contribution in [3.8, 4) is 0 Å². The summed E-state index contributed by atoms with van der Waals surface area (Å²) in [6.45, 7) is 2.13. The molecule has 0 saturated carbocycles. The SMILES string of the molecule is CCn1c[c]c(C(F)(F)F)n1. The molecule has 0 aliphatic heterocycles. The van der Waals surface area contributed by atoms with E-state index in [9.17, 15) is 13.2 Å². The van der Waals surface area contributed by atoms with Crippen LogP contribution in [0.3, 0.4) is 0 Å². The van der Waals surface area contributed by atoms with Crippen LogP contribution in [0, 0.1) is 6.07 Å². The summed E-state index contributed by atoms with van der Waals surface area (Å²) in [7, 11) is 0. The Morgan fingerprint density at radius 1 is 1.64 bits per heavy atom.